The normalized spacial score (nSPS) is 12.3. The Morgan fingerprint density at radius 1 is 1.14 bits per heavy atom. The molecule has 0 spiro atoms. The molecule has 0 unspecified atom stereocenters. The van der Waals surface area contributed by atoms with Crippen molar-refractivity contribution in [3.63, 3.8) is 0 Å². The lowest BCUT2D eigenvalue weighted by atomic mass is 10.4. The van der Waals surface area contributed by atoms with E-state index in [1.807, 2.05) is 26.8 Å². The van der Waals surface area contributed by atoms with Gasteiger partial charge in [0, 0.05) is 17.6 Å². The van der Waals surface area contributed by atoms with Crippen molar-refractivity contribution in [2.45, 2.75) is 31.2 Å². The van der Waals surface area contributed by atoms with Gasteiger partial charge in [0.15, 0.2) is 5.16 Å². The molecule has 0 bridgehead atoms. The number of thioether (sulfide) groups is 1. The molecular weight excluding hydrogens is 300 g/mol. The van der Waals surface area contributed by atoms with Crippen LogP contribution in [0.2, 0.25) is 0 Å². The molecule has 0 fully saturated rings. The summed E-state index contributed by atoms with van der Waals surface area (Å²) in [4.78, 5) is 13.2. The zero-order valence-electron chi connectivity index (χ0n) is 12.4. The Kier molecular flexibility index (Phi) is 4.10. The molecule has 7 nitrogen and oxygen atoms in total. The summed E-state index contributed by atoms with van der Waals surface area (Å²) in [6.45, 7) is 5.87. The Labute approximate surface area is 131 Å². The van der Waals surface area contributed by atoms with E-state index in [1.54, 1.807) is 18.3 Å². The van der Waals surface area contributed by atoms with E-state index in [2.05, 4.69) is 30.3 Å². The van der Waals surface area contributed by atoms with Crippen LogP contribution in [0.4, 0.5) is 0 Å². The second kappa shape index (κ2) is 6.18. The number of aromatic nitrogens is 6. The summed E-state index contributed by atoms with van der Waals surface area (Å²) in [5.74, 6) is 0.935. The van der Waals surface area contributed by atoms with E-state index in [1.165, 1.54) is 11.8 Å². The van der Waals surface area contributed by atoms with Crippen LogP contribution in [0.1, 0.15) is 29.5 Å². The molecule has 0 N–H and O–H groups in total. The minimum atomic E-state index is -0.0564. The highest BCUT2D eigenvalue weighted by Gasteiger charge is 2.18. The number of rotatable bonds is 4. The third-order valence-corrected chi connectivity index (χ3v) is 3.78. The highest BCUT2D eigenvalue weighted by molar-refractivity contribution is 7.99. The van der Waals surface area contributed by atoms with Gasteiger partial charge in [-0.3, -0.25) is 0 Å². The molecule has 0 amide bonds. The molecule has 22 heavy (non-hydrogen) atoms. The van der Waals surface area contributed by atoms with Crippen molar-refractivity contribution in [1.29, 1.82) is 0 Å². The Hall–Kier alpha value is -2.35. The number of hydrogen-bond acceptors (Lipinski definition) is 8. The van der Waals surface area contributed by atoms with Gasteiger partial charge < -0.3 is 4.52 Å². The van der Waals surface area contributed by atoms with Gasteiger partial charge in [0.1, 0.15) is 5.69 Å². The summed E-state index contributed by atoms with van der Waals surface area (Å²) in [5, 5.41) is 12.4. The van der Waals surface area contributed by atoms with Crippen LogP contribution >= 0.6 is 11.8 Å². The Bertz CT molecular complexity index is 756. The molecule has 0 aliphatic rings. The third-order valence-electron chi connectivity index (χ3n) is 2.83. The number of nitrogens with zero attached hydrogens (tertiary/aromatic N) is 6. The fraction of sp³-hybridized carbons (Fsp3) is 0.286. The minimum absolute atomic E-state index is 0.0564. The molecule has 0 saturated heterocycles. The highest BCUT2D eigenvalue weighted by atomic mass is 32.2. The van der Waals surface area contributed by atoms with Gasteiger partial charge in [0.25, 0.3) is 0 Å². The van der Waals surface area contributed by atoms with E-state index < -0.39 is 0 Å². The molecule has 0 aromatic carbocycles. The van der Waals surface area contributed by atoms with E-state index in [4.69, 9.17) is 4.52 Å². The maximum Gasteiger partial charge on any atom is 0.240 e. The highest BCUT2D eigenvalue weighted by Crippen LogP contribution is 2.32. The van der Waals surface area contributed by atoms with Crippen LogP contribution in [-0.4, -0.2) is 30.3 Å². The van der Waals surface area contributed by atoms with Crippen molar-refractivity contribution in [2.75, 3.05) is 0 Å². The summed E-state index contributed by atoms with van der Waals surface area (Å²) >= 11 is 1.48. The quantitative estimate of drug-likeness (QED) is 0.536. The lowest BCUT2D eigenvalue weighted by Crippen LogP contribution is -1.96. The minimum Gasteiger partial charge on any atom is -0.338 e. The molecule has 3 rings (SSSR count). The second-order valence-corrected chi connectivity index (χ2v) is 6.07. The first-order valence-electron chi connectivity index (χ1n) is 6.72. The van der Waals surface area contributed by atoms with E-state index in [-0.39, 0.29) is 5.25 Å². The molecule has 112 valence electrons. The second-order valence-electron chi connectivity index (χ2n) is 4.76. The summed E-state index contributed by atoms with van der Waals surface area (Å²) in [6, 6.07) is 5.50. The summed E-state index contributed by atoms with van der Waals surface area (Å²) in [5.41, 5.74) is 2.46. The molecule has 3 heterocycles. The maximum absolute atomic E-state index is 5.31. The smallest absolute Gasteiger partial charge is 0.240 e. The summed E-state index contributed by atoms with van der Waals surface area (Å²) < 4.78 is 5.31. The van der Waals surface area contributed by atoms with Gasteiger partial charge in [-0.2, -0.15) is 10.1 Å². The standard InChI is InChI=1S/C14H14N6OS/c1-8-7-9(2)17-14(16-8)22-10(3)13-18-12(20-21-13)11-5-4-6-15-19-11/h4-7,10H,1-3H3/t10-/m1/s1. The fourth-order valence-electron chi connectivity index (χ4n) is 1.88. The third kappa shape index (κ3) is 3.28. The molecule has 3 aromatic heterocycles. The average Bonchev–Trinajstić information content (AvgIpc) is 2.97. The lowest BCUT2D eigenvalue weighted by Gasteiger charge is -2.06. The van der Waals surface area contributed by atoms with Gasteiger partial charge in [-0.25, -0.2) is 9.97 Å². The zero-order valence-corrected chi connectivity index (χ0v) is 13.2. The Morgan fingerprint density at radius 3 is 2.59 bits per heavy atom. The Morgan fingerprint density at radius 2 is 1.91 bits per heavy atom. The Balaban J connectivity index is 1.78. The number of aryl methyl sites for hydroxylation is 2. The van der Waals surface area contributed by atoms with E-state index >= 15 is 0 Å². The van der Waals surface area contributed by atoms with Gasteiger partial charge >= 0.3 is 0 Å². The predicted octanol–water partition coefficient (Wildman–Crippen LogP) is 2.79. The van der Waals surface area contributed by atoms with Crippen LogP contribution in [0.5, 0.6) is 0 Å². The molecular formula is C14H14N6OS. The first kappa shape index (κ1) is 14.6. The molecule has 8 heteroatoms. The van der Waals surface area contributed by atoms with Gasteiger partial charge in [0.05, 0.1) is 5.25 Å². The van der Waals surface area contributed by atoms with Crippen LogP contribution in [0, 0.1) is 13.8 Å². The number of hydrogen-bond donors (Lipinski definition) is 0. The van der Waals surface area contributed by atoms with Crippen LogP contribution in [0.15, 0.2) is 34.1 Å². The topological polar surface area (TPSA) is 90.5 Å². The fourth-order valence-corrected chi connectivity index (χ4v) is 2.79. The zero-order chi connectivity index (χ0) is 15.5. The average molecular weight is 314 g/mol. The van der Waals surface area contributed by atoms with Crippen molar-refractivity contribution < 1.29 is 4.52 Å². The van der Waals surface area contributed by atoms with Crippen molar-refractivity contribution in [3.8, 4) is 11.5 Å². The monoisotopic (exact) mass is 314 g/mol. The molecule has 0 radical (unpaired) electrons. The van der Waals surface area contributed by atoms with E-state index in [0.717, 1.165) is 11.4 Å². The van der Waals surface area contributed by atoms with Crippen LogP contribution in [0.3, 0.4) is 0 Å². The molecule has 0 aliphatic heterocycles. The van der Waals surface area contributed by atoms with Crippen LogP contribution in [-0.2, 0) is 0 Å². The van der Waals surface area contributed by atoms with Gasteiger partial charge in [-0.1, -0.05) is 16.9 Å². The first-order valence-corrected chi connectivity index (χ1v) is 7.60. The molecule has 3 aromatic rings. The largest absolute Gasteiger partial charge is 0.338 e. The van der Waals surface area contributed by atoms with Gasteiger partial charge in [-0.05, 0) is 39.0 Å². The van der Waals surface area contributed by atoms with Gasteiger partial charge in [-0.15, -0.1) is 5.10 Å². The van der Waals surface area contributed by atoms with Crippen molar-refractivity contribution in [3.05, 3.63) is 41.7 Å². The van der Waals surface area contributed by atoms with Crippen molar-refractivity contribution in [1.82, 2.24) is 30.3 Å². The molecule has 1 atom stereocenters. The molecule has 0 saturated carbocycles. The van der Waals surface area contributed by atoms with Crippen molar-refractivity contribution in [2.24, 2.45) is 0 Å². The van der Waals surface area contributed by atoms with Gasteiger partial charge in [0.2, 0.25) is 11.7 Å². The first-order chi connectivity index (χ1) is 10.6. The van der Waals surface area contributed by atoms with E-state index in [9.17, 15) is 0 Å². The van der Waals surface area contributed by atoms with Crippen LogP contribution in [0.25, 0.3) is 11.5 Å². The maximum atomic E-state index is 5.31. The summed E-state index contributed by atoms with van der Waals surface area (Å²) in [6.07, 6.45) is 1.60. The molecule has 0 aliphatic carbocycles. The SMILES string of the molecule is Cc1cc(C)nc(S[C@H](C)c2nc(-c3cccnn3)no2)n1. The lowest BCUT2D eigenvalue weighted by molar-refractivity contribution is 0.380. The van der Waals surface area contributed by atoms with Crippen molar-refractivity contribution >= 4 is 11.8 Å². The van der Waals surface area contributed by atoms with Crippen LogP contribution < -0.4 is 0 Å². The van der Waals surface area contributed by atoms with E-state index in [0.29, 0.717) is 22.6 Å². The summed E-state index contributed by atoms with van der Waals surface area (Å²) in [7, 11) is 0. The predicted molar refractivity (Wildman–Crippen MR) is 81.1 cm³/mol.